The van der Waals surface area contributed by atoms with Crippen LogP contribution in [0.25, 0.3) is 11.2 Å². The summed E-state index contributed by atoms with van der Waals surface area (Å²) in [5.74, 6) is 1.81. The SMILES string of the molecule is COCCn1cnc2c1c(=O)n(CC(=O)NC13CC4CC(CC(C4)C1)C3)c(=O)n2Cc1ccccc1. The molecular formula is C27H33N5O4. The van der Waals surface area contributed by atoms with Crippen LogP contribution in [0.3, 0.4) is 0 Å². The maximum atomic E-state index is 13.6. The van der Waals surface area contributed by atoms with Crippen molar-refractivity contribution in [2.24, 2.45) is 17.8 Å². The van der Waals surface area contributed by atoms with Gasteiger partial charge < -0.3 is 14.6 Å². The number of benzene rings is 1. The molecule has 0 aliphatic heterocycles. The summed E-state index contributed by atoms with van der Waals surface area (Å²) in [6.45, 7) is 0.786. The second-order valence-corrected chi connectivity index (χ2v) is 11.1. The minimum absolute atomic E-state index is 0.178. The van der Waals surface area contributed by atoms with E-state index in [4.69, 9.17) is 4.74 Å². The van der Waals surface area contributed by atoms with E-state index < -0.39 is 11.2 Å². The lowest BCUT2D eigenvalue weighted by Crippen LogP contribution is -2.60. The van der Waals surface area contributed by atoms with Gasteiger partial charge in [0, 0.05) is 19.2 Å². The molecule has 1 amide bonds. The van der Waals surface area contributed by atoms with Crippen molar-refractivity contribution in [1.29, 1.82) is 0 Å². The first-order chi connectivity index (χ1) is 17.4. The van der Waals surface area contributed by atoms with E-state index in [1.54, 1.807) is 18.0 Å². The Morgan fingerprint density at radius 3 is 2.36 bits per heavy atom. The van der Waals surface area contributed by atoms with Crippen LogP contribution < -0.4 is 16.6 Å². The van der Waals surface area contributed by atoms with E-state index in [9.17, 15) is 14.4 Å². The summed E-state index contributed by atoms with van der Waals surface area (Å²) in [7, 11) is 1.59. The van der Waals surface area contributed by atoms with E-state index in [-0.39, 0.29) is 24.5 Å². The molecule has 0 spiro atoms. The Bertz CT molecular complexity index is 1370. The first kappa shape index (κ1) is 23.2. The zero-order chi connectivity index (χ0) is 24.9. The normalized spacial score (nSPS) is 26.5. The third-order valence-corrected chi connectivity index (χ3v) is 8.45. The molecule has 2 heterocycles. The van der Waals surface area contributed by atoms with Gasteiger partial charge >= 0.3 is 5.69 Å². The maximum absolute atomic E-state index is 13.6. The summed E-state index contributed by atoms with van der Waals surface area (Å²) in [5, 5.41) is 3.30. The van der Waals surface area contributed by atoms with Gasteiger partial charge in [-0.25, -0.2) is 14.3 Å². The molecule has 0 unspecified atom stereocenters. The molecule has 1 aromatic carbocycles. The van der Waals surface area contributed by atoms with Crippen LogP contribution in [0, 0.1) is 17.8 Å². The third kappa shape index (κ3) is 4.09. The zero-order valence-electron chi connectivity index (χ0n) is 20.7. The molecule has 9 nitrogen and oxygen atoms in total. The molecule has 4 aliphatic rings. The molecule has 4 saturated carbocycles. The molecule has 4 fully saturated rings. The van der Waals surface area contributed by atoms with Crippen molar-refractivity contribution in [2.45, 2.75) is 63.7 Å². The summed E-state index contributed by atoms with van der Waals surface area (Å²) < 4.78 is 9.47. The van der Waals surface area contributed by atoms with Gasteiger partial charge in [0.15, 0.2) is 11.2 Å². The quantitative estimate of drug-likeness (QED) is 0.520. The number of hydrogen-bond donors (Lipinski definition) is 1. The second kappa shape index (κ2) is 9.03. The number of nitrogens with zero attached hydrogens (tertiary/aromatic N) is 4. The van der Waals surface area contributed by atoms with Crippen LogP contribution in [0.4, 0.5) is 0 Å². The summed E-state index contributed by atoms with van der Waals surface area (Å²) in [5.41, 5.74) is 0.356. The lowest BCUT2D eigenvalue weighted by Gasteiger charge is -2.56. The Morgan fingerprint density at radius 1 is 1.06 bits per heavy atom. The predicted molar refractivity (Wildman–Crippen MR) is 135 cm³/mol. The van der Waals surface area contributed by atoms with E-state index in [0.717, 1.165) is 29.4 Å². The zero-order valence-corrected chi connectivity index (χ0v) is 20.7. The Hall–Kier alpha value is -3.20. The largest absolute Gasteiger partial charge is 0.383 e. The average molecular weight is 492 g/mol. The summed E-state index contributed by atoms with van der Waals surface area (Å²) in [6.07, 6.45) is 8.44. The number of imidazole rings is 1. The lowest BCUT2D eigenvalue weighted by molar-refractivity contribution is -0.127. The van der Waals surface area contributed by atoms with E-state index in [1.165, 1.54) is 23.8 Å². The topological polar surface area (TPSA) is 100 Å². The minimum atomic E-state index is -0.519. The van der Waals surface area contributed by atoms with Gasteiger partial charge in [0.2, 0.25) is 5.91 Å². The van der Waals surface area contributed by atoms with E-state index in [2.05, 4.69) is 10.3 Å². The fraction of sp³-hybridized carbons (Fsp3) is 0.556. The minimum Gasteiger partial charge on any atom is -0.383 e. The number of carbonyl (C=O) groups excluding carboxylic acids is 1. The van der Waals surface area contributed by atoms with Crippen LogP contribution in [0.2, 0.25) is 0 Å². The Morgan fingerprint density at radius 2 is 1.72 bits per heavy atom. The van der Waals surface area contributed by atoms with Crippen molar-refractivity contribution in [3.05, 3.63) is 63.1 Å². The average Bonchev–Trinajstić information content (AvgIpc) is 3.26. The summed E-state index contributed by atoms with van der Waals surface area (Å²) in [4.78, 5) is 44.9. The second-order valence-electron chi connectivity index (χ2n) is 11.1. The number of aromatic nitrogens is 4. The van der Waals surface area contributed by atoms with Crippen LogP contribution in [-0.4, -0.2) is 43.8 Å². The summed E-state index contributed by atoms with van der Waals surface area (Å²) >= 11 is 0. The van der Waals surface area contributed by atoms with Crippen LogP contribution in [-0.2, 0) is 29.2 Å². The Kier molecular flexibility index (Phi) is 5.82. The highest BCUT2D eigenvalue weighted by Crippen LogP contribution is 2.55. The monoisotopic (exact) mass is 491 g/mol. The van der Waals surface area contributed by atoms with E-state index in [0.29, 0.717) is 42.1 Å². The number of amides is 1. The maximum Gasteiger partial charge on any atom is 0.333 e. The highest BCUT2D eigenvalue weighted by atomic mass is 16.5. The molecule has 4 aliphatic carbocycles. The van der Waals surface area contributed by atoms with Gasteiger partial charge in [0.1, 0.15) is 6.54 Å². The number of rotatable bonds is 8. The molecule has 3 aromatic rings. The van der Waals surface area contributed by atoms with Gasteiger partial charge in [-0.3, -0.25) is 14.2 Å². The first-order valence-electron chi connectivity index (χ1n) is 13.0. The van der Waals surface area contributed by atoms with Crippen LogP contribution in [0.5, 0.6) is 0 Å². The molecule has 0 saturated heterocycles. The molecule has 4 bridgehead atoms. The number of ether oxygens (including phenoxy) is 1. The molecule has 190 valence electrons. The lowest BCUT2D eigenvalue weighted by atomic mass is 9.53. The van der Waals surface area contributed by atoms with Crippen LogP contribution >= 0.6 is 0 Å². The van der Waals surface area contributed by atoms with Crippen molar-refractivity contribution >= 4 is 17.1 Å². The fourth-order valence-corrected chi connectivity index (χ4v) is 7.39. The Labute approximate surface area is 209 Å². The molecule has 1 N–H and O–H groups in total. The third-order valence-electron chi connectivity index (χ3n) is 8.45. The highest BCUT2D eigenvalue weighted by molar-refractivity contribution is 5.77. The van der Waals surface area contributed by atoms with Crippen LogP contribution in [0.1, 0.15) is 44.1 Å². The molecule has 2 aromatic heterocycles. The van der Waals surface area contributed by atoms with Crippen molar-refractivity contribution < 1.29 is 9.53 Å². The highest BCUT2D eigenvalue weighted by Gasteiger charge is 2.51. The van der Waals surface area contributed by atoms with Crippen LogP contribution in [0.15, 0.2) is 46.2 Å². The summed E-state index contributed by atoms with van der Waals surface area (Å²) in [6, 6.07) is 9.58. The van der Waals surface area contributed by atoms with Gasteiger partial charge in [-0.05, 0) is 61.8 Å². The number of hydrogen-bond acceptors (Lipinski definition) is 5. The van der Waals surface area contributed by atoms with Crippen molar-refractivity contribution in [3.63, 3.8) is 0 Å². The predicted octanol–water partition coefficient (Wildman–Crippen LogP) is 2.14. The van der Waals surface area contributed by atoms with Gasteiger partial charge in [-0.15, -0.1) is 0 Å². The smallest absolute Gasteiger partial charge is 0.333 e. The number of carbonyl (C=O) groups is 1. The van der Waals surface area contributed by atoms with E-state index in [1.807, 2.05) is 30.3 Å². The van der Waals surface area contributed by atoms with Gasteiger partial charge in [-0.2, -0.15) is 0 Å². The van der Waals surface area contributed by atoms with Gasteiger partial charge in [0.25, 0.3) is 5.56 Å². The first-order valence-corrected chi connectivity index (χ1v) is 13.0. The molecule has 36 heavy (non-hydrogen) atoms. The molecular weight excluding hydrogens is 458 g/mol. The van der Waals surface area contributed by atoms with Gasteiger partial charge in [0.05, 0.1) is 19.5 Å². The molecule has 7 rings (SSSR count). The Balaban J connectivity index is 1.35. The number of nitrogens with one attached hydrogen (secondary N) is 1. The standard InChI is InChI=1S/C27H33N5O4/c1-36-8-7-30-17-28-24-23(30)25(34)32(26(35)31(24)15-18-5-3-2-4-6-18)16-22(33)29-27-12-19-9-20(13-27)11-21(10-19)14-27/h2-6,17,19-21H,7-16H2,1H3,(H,29,33). The fourth-order valence-electron chi connectivity index (χ4n) is 7.39. The van der Waals surface area contributed by atoms with Crippen molar-refractivity contribution in [2.75, 3.05) is 13.7 Å². The van der Waals surface area contributed by atoms with E-state index >= 15 is 0 Å². The molecule has 0 radical (unpaired) electrons. The van der Waals surface area contributed by atoms with Crippen molar-refractivity contribution in [3.8, 4) is 0 Å². The molecule has 9 heteroatoms. The van der Waals surface area contributed by atoms with Crippen molar-refractivity contribution in [1.82, 2.24) is 24.0 Å². The number of fused-ring (bicyclic) bond motifs is 1. The molecule has 0 atom stereocenters. The number of methoxy groups -OCH3 is 1. The van der Waals surface area contributed by atoms with Gasteiger partial charge in [-0.1, -0.05) is 30.3 Å².